The van der Waals surface area contributed by atoms with Gasteiger partial charge in [-0.2, -0.15) is 11.8 Å². The molecule has 1 saturated carbocycles. The van der Waals surface area contributed by atoms with E-state index in [1.807, 2.05) is 0 Å². The van der Waals surface area contributed by atoms with Crippen molar-refractivity contribution >= 4 is 11.8 Å². The molecule has 86 valence electrons. The largest absolute Gasteiger partial charge is 0.324 e. The first-order valence-corrected chi connectivity index (χ1v) is 7.38. The summed E-state index contributed by atoms with van der Waals surface area (Å²) in [5, 5.41) is 0. The summed E-state index contributed by atoms with van der Waals surface area (Å²) >= 11 is 2.08. The van der Waals surface area contributed by atoms with Gasteiger partial charge in [0.2, 0.25) is 0 Å². The molecule has 3 rings (SSSR count). The van der Waals surface area contributed by atoms with Crippen LogP contribution >= 0.6 is 11.8 Å². The first kappa shape index (κ1) is 10.7. The van der Waals surface area contributed by atoms with Crippen LogP contribution in [-0.4, -0.2) is 17.0 Å². The van der Waals surface area contributed by atoms with Gasteiger partial charge < -0.3 is 5.73 Å². The molecule has 1 aliphatic carbocycles. The fourth-order valence-electron chi connectivity index (χ4n) is 3.09. The molecule has 0 spiro atoms. The lowest BCUT2D eigenvalue weighted by Crippen LogP contribution is -2.36. The average molecular weight is 233 g/mol. The molecule has 1 aromatic carbocycles. The second-order valence-electron chi connectivity index (χ2n) is 5.17. The van der Waals surface area contributed by atoms with Gasteiger partial charge in [-0.15, -0.1) is 0 Å². The molecule has 0 aromatic heterocycles. The van der Waals surface area contributed by atoms with E-state index in [1.165, 1.54) is 36.3 Å². The van der Waals surface area contributed by atoms with E-state index in [0.717, 1.165) is 5.92 Å². The highest BCUT2D eigenvalue weighted by molar-refractivity contribution is 7.99. The maximum atomic E-state index is 6.59. The summed E-state index contributed by atoms with van der Waals surface area (Å²) in [4.78, 5) is 0. The third-order valence-corrected chi connectivity index (χ3v) is 5.28. The van der Waals surface area contributed by atoms with Crippen molar-refractivity contribution in [2.75, 3.05) is 11.5 Å². The molecule has 1 aromatic rings. The maximum Gasteiger partial charge on any atom is 0.0260 e. The predicted molar refractivity (Wildman–Crippen MR) is 70.8 cm³/mol. The van der Waals surface area contributed by atoms with Crippen molar-refractivity contribution in [3.05, 3.63) is 35.9 Å². The Morgan fingerprint density at radius 1 is 1.12 bits per heavy atom. The van der Waals surface area contributed by atoms with Crippen LogP contribution in [0.2, 0.25) is 0 Å². The van der Waals surface area contributed by atoms with Crippen LogP contribution in [0, 0.1) is 5.92 Å². The Hall–Kier alpha value is -0.470. The molecule has 2 fully saturated rings. The van der Waals surface area contributed by atoms with E-state index < -0.39 is 0 Å². The lowest BCUT2D eigenvalue weighted by atomic mass is 9.89. The molecule has 0 bridgehead atoms. The summed E-state index contributed by atoms with van der Waals surface area (Å²) < 4.78 is 0. The second kappa shape index (κ2) is 4.08. The number of hydrogen-bond donors (Lipinski definition) is 1. The van der Waals surface area contributed by atoms with Crippen LogP contribution in [0.3, 0.4) is 0 Å². The van der Waals surface area contributed by atoms with Gasteiger partial charge in [-0.25, -0.2) is 0 Å². The molecule has 2 heteroatoms. The SMILES string of the molecule is NC1(C2CCSCC2)CC1c1ccccc1. The van der Waals surface area contributed by atoms with Crippen molar-refractivity contribution in [2.24, 2.45) is 11.7 Å². The second-order valence-corrected chi connectivity index (χ2v) is 6.39. The first-order valence-electron chi connectivity index (χ1n) is 6.22. The summed E-state index contributed by atoms with van der Waals surface area (Å²) in [7, 11) is 0. The lowest BCUT2D eigenvalue weighted by Gasteiger charge is -2.28. The summed E-state index contributed by atoms with van der Waals surface area (Å²) in [6.07, 6.45) is 3.85. The third kappa shape index (κ3) is 1.78. The number of rotatable bonds is 2. The van der Waals surface area contributed by atoms with Gasteiger partial charge in [0, 0.05) is 11.5 Å². The predicted octanol–water partition coefficient (Wildman–Crippen LogP) is 3.01. The highest BCUT2D eigenvalue weighted by Crippen LogP contribution is 2.56. The summed E-state index contributed by atoms with van der Waals surface area (Å²) in [6, 6.07) is 10.8. The Labute approximate surface area is 102 Å². The van der Waals surface area contributed by atoms with Crippen LogP contribution in [0.15, 0.2) is 30.3 Å². The lowest BCUT2D eigenvalue weighted by molar-refractivity contribution is 0.369. The van der Waals surface area contributed by atoms with E-state index in [4.69, 9.17) is 5.73 Å². The topological polar surface area (TPSA) is 26.0 Å². The molecule has 1 nitrogen and oxygen atoms in total. The van der Waals surface area contributed by atoms with Gasteiger partial charge in [0.1, 0.15) is 0 Å². The molecule has 2 unspecified atom stereocenters. The van der Waals surface area contributed by atoms with Crippen LogP contribution in [0.5, 0.6) is 0 Å². The number of nitrogens with two attached hydrogens (primary N) is 1. The van der Waals surface area contributed by atoms with Gasteiger partial charge in [0.15, 0.2) is 0 Å². The monoisotopic (exact) mass is 233 g/mol. The molecule has 1 saturated heterocycles. The Balaban J connectivity index is 1.73. The molecule has 0 amide bonds. The first-order chi connectivity index (χ1) is 7.81. The fraction of sp³-hybridized carbons (Fsp3) is 0.571. The summed E-state index contributed by atoms with van der Waals surface area (Å²) in [6.45, 7) is 0. The van der Waals surface area contributed by atoms with Gasteiger partial charge in [-0.3, -0.25) is 0 Å². The van der Waals surface area contributed by atoms with E-state index in [2.05, 4.69) is 42.1 Å². The highest BCUT2D eigenvalue weighted by atomic mass is 32.2. The highest BCUT2D eigenvalue weighted by Gasteiger charge is 2.56. The molecule has 0 radical (unpaired) electrons. The summed E-state index contributed by atoms with van der Waals surface area (Å²) in [5.41, 5.74) is 8.16. The molecule has 16 heavy (non-hydrogen) atoms. The Morgan fingerprint density at radius 3 is 2.50 bits per heavy atom. The van der Waals surface area contributed by atoms with Crippen LogP contribution in [0.4, 0.5) is 0 Å². The van der Waals surface area contributed by atoms with Crippen molar-refractivity contribution in [3.63, 3.8) is 0 Å². The van der Waals surface area contributed by atoms with Crippen LogP contribution in [0.1, 0.15) is 30.7 Å². The maximum absolute atomic E-state index is 6.59. The van der Waals surface area contributed by atoms with E-state index in [-0.39, 0.29) is 5.54 Å². The minimum Gasteiger partial charge on any atom is -0.324 e. The van der Waals surface area contributed by atoms with Crippen LogP contribution < -0.4 is 5.73 Å². The third-order valence-electron chi connectivity index (χ3n) is 4.23. The van der Waals surface area contributed by atoms with E-state index in [0.29, 0.717) is 5.92 Å². The average Bonchev–Trinajstić information content (AvgIpc) is 3.06. The minimum atomic E-state index is 0.127. The van der Waals surface area contributed by atoms with Crippen molar-refractivity contribution < 1.29 is 0 Å². The Kier molecular flexibility index (Phi) is 2.72. The Morgan fingerprint density at radius 2 is 1.81 bits per heavy atom. The number of thioether (sulfide) groups is 1. The van der Waals surface area contributed by atoms with Gasteiger partial charge >= 0.3 is 0 Å². The van der Waals surface area contributed by atoms with E-state index in [9.17, 15) is 0 Å². The smallest absolute Gasteiger partial charge is 0.0260 e. The van der Waals surface area contributed by atoms with Gasteiger partial charge in [0.05, 0.1) is 0 Å². The van der Waals surface area contributed by atoms with Gasteiger partial charge in [0.25, 0.3) is 0 Å². The minimum absolute atomic E-state index is 0.127. The van der Waals surface area contributed by atoms with Crippen molar-refractivity contribution in [2.45, 2.75) is 30.7 Å². The molecular weight excluding hydrogens is 214 g/mol. The molecule has 1 aliphatic heterocycles. The van der Waals surface area contributed by atoms with E-state index >= 15 is 0 Å². The number of benzene rings is 1. The van der Waals surface area contributed by atoms with Gasteiger partial charge in [-0.1, -0.05) is 30.3 Å². The molecular formula is C14H19NS. The zero-order chi connectivity index (χ0) is 11.0. The molecule has 1 heterocycles. The van der Waals surface area contributed by atoms with E-state index in [1.54, 1.807) is 0 Å². The normalized spacial score (nSPS) is 34.9. The fourth-order valence-corrected chi connectivity index (χ4v) is 4.20. The van der Waals surface area contributed by atoms with Crippen LogP contribution in [-0.2, 0) is 0 Å². The van der Waals surface area contributed by atoms with Crippen molar-refractivity contribution in [1.82, 2.24) is 0 Å². The Bertz CT molecular complexity index is 358. The zero-order valence-corrected chi connectivity index (χ0v) is 10.4. The quantitative estimate of drug-likeness (QED) is 0.849. The number of hydrogen-bond acceptors (Lipinski definition) is 2. The zero-order valence-electron chi connectivity index (χ0n) is 9.56. The molecule has 2 N–H and O–H groups in total. The van der Waals surface area contributed by atoms with Crippen molar-refractivity contribution in [3.8, 4) is 0 Å². The molecule has 2 aliphatic rings. The standard InChI is InChI=1S/C14H19NS/c15-14(12-6-8-16-9-7-12)10-13(14)11-4-2-1-3-5-11/h1-5,12-13H,6-10,15H2. The van der Waals surface area contributed by atoms with Crippen molar-refractivity contribution in [1.29, 1.82) is 0 Å². The van der Waals surface area contributed by atoms with Crippen LogP contribution in [0.25, 0.3) is 0 Å². The molecule has 2 atom stereocenters. The summed E-state index contributed by atoms with van der Waals surface area (Å²) in [5.74, 6) is 4.01. The van der Waals surface area contributed by atoms with Gasteiger partial charge in [-0.05, 0) is 42.2 Å².